The van der Waals surface area contributed by atoms with Gasteiger partial charge in [0.05, 0.1) is 18.2 Å². The Morgan fingerprint density at radius 3 is 2.46 bits per heavy atom. The Morgan fingerprint density at radius 1 is 1.14 bits per heavy atom. The van der Waals surface area contributed by atoms with E-state index < -0.39 is 5.60 Å². The Labute approximate surface area is 220 Å². The molecule has 2 N–H and O–H groups in total. The largest absolute Gasteiger partial charge is 0.496 e. The minimum Gasteiger partial charge on any atom is -0.496 e. The van der Waals surface area contributed by atoms with Crippen LogP contribution in [-0.4, -0.2) is 47.1 Å². The number of rotatable bonds is 7. The van der Waals surface area contributed by atoms with E-state index in [2.05, 4.69) is 24.4 Å². The molecule has 0 spiro atoms. The molecule has 4 rings (SSSR count). The Bertz CT molecular complexity index is 1270. The number of aromatic nitrogens is 2. The van der Waals surface area contributed by atoms with Crippen LogP contribution >= 0.6 is 0 Å². The maximum Gasteiger partial charge on any atom is 0.225 e. The van der Waals surface area contributed by atoms with E-state index in [1.165, 1.54) is 0 Å². The zero-order chi connectivity index (χ0) is 26.9. The standard InChI is InChI=1S/C30H40N4O3/c1-18(22-9-8-10-23(15-22)30(3,4)36)31-28-25-16-24(27(37-7)17-26(25)32-19(2)33-28)20-11-13-21(14-12-20)29(35)34(5)6/h8-10,15-18,20-21,36H,11-14H2,1-7H3,(H,31,32,33)/t18-,20?,21?/m1/s1. The maximum atomic E-state index is 12.5. The lowest BCUT2D eigenvalue weighted by atomic mass is 9.77. The molecule has 0 radical (unpaired) electrons. The zero-order valence-corrected chi connectivity index (χ0v) is 23.1. The van der Waals surface area contributed by atoms with E-state index in [0.717, 1.165) is 64.8 Å². The van der Waals surface area contributed by atoms with E-state index in [4.69, 9.17) is 14.7 Å². The van der Waals surface area contributed by atoms with Crippen LogP contribution in [0.5, 0.6) is 5.75 Å². The van der Waals surface area contributed by atoms with Crippen LogP contribution in [0.4, 0.5) is 5.82 Å². The Morgan fingerprint density at radius 2 is 1.84 bits per heavy atom. The van der Waals surface area contributed by atoms with Crippen LogP contribution in [0.15, 0.2) is 36.4 Å². The molecule has 3 aromatic rings. The summed E-state index contributed by atoms with van der Waals surface area (Å²) in [6.45, 7) is 7.59. The predicted octanol–water partition coefficient (Wildman–Crippen LogP) is 5.71. The third-order valence-corrected chi connectivity index (χ3v) is 7.56. The summed E-state index contributed by atoms with van der Waals surface area (Å²) in [6.07, 6.45) is 3.66. The first-order chi connectivity index (χ1) is 17.5. The van der Waals surface area contributed by atoms with Crippen molar-refractivity contribution < 1.29 is 14.6 Å². The molecular formula is C30H40N4O3. The van der Waals surface area contributed by atoms with E-state index in [0.29, 0.717) is 11.7 Å². The Kier molecular flexibility index (Phi) is 7.74. The van der Waals surface area contributed by atoms with Gasteiger partial charge in [-0.1, -0.05) is 24.3 Å². The van der Waals surface area contributed by atoms with Crippen molar-refractivity contribution >= 4 is 22.6 Å². The summed E-state index contributed by atoms with van der Waals surface area (Å²) in [7, 11) is 5.37. The number of nitrogens with one attached hydrogen (secondary N) is 1. The number of aryl methyl sites for hydroxylation is 1. The van der Waals surface area contributed by atoms with Crippen LogP contribution in [-0.2, 0) is 10.4 Å². The summed E-state index contributed by atoms with van der Waals surface area (Å²) in [5.74, 6) is 2.95. The molecule has 7 nitrogen and oxygen atoms in total. The molecular weight excluding hydrogens is 464 g/mol. The molecule has 2 aromatic carbocycles. The molecule has 1 amide bonds. The lowest BCUT2D eigenvalue weighted by Crippen LogP contribution is -2.32. The number of aliphatic hydroxyl groups is 1. The van der Waals surface area contributed by atoms with Crippen LogP contribution in [0.3, 0.4) is 0 Å². The van der Waals surface area contributed by atoms with Gasteiger partial charge in [0.1, 0.15) is 17.4 Å². The van der Waals surface area contributed by atoms with Crippen LogP contribution in [0, 0.1) is 12.8 Å². The lowest BCUT2D eigenvalue weighted by Gasteiger charge is -2.30. The number of carbonyl (C=O) groups is 1. The molecule has 0 aliphatic heterocycles. The molecule has 37 heavy (non-hydrogen) atoms. The van der Waals surface area contributed by atoms with Crippen molar-refractivity contribution in [3.8, 4) is 5.75 Å². The molecule has 0 unspecified atom stereocenters. The van der Waals surface area contributed by atoms with Gasteiger partial charge >= 0.3 is 0 Å². The second kappa shape index (κ2) is 10.7. The number of fused-ring (bicyclic) bond motifs is 1. The first-order valence-corrected chi connectivity index (χ1v) is 13.1. The average molecular weight is 505 g/mol. The summed E-state index contributed by atoms with van der Waals surface area (Å²) in [5, 5.41) is 15.0. The number of hydrogen-bond donors (Lipinski definition) is 2. The molecule has 1 fully saturated rings. The third-order valence-electron chi connectivity index (χ3n) is 7.56. The van der Waals surface area contributed by atoms with E-state index in [-0.39, 0.29) is 17.9 Å². The number of methoxy groups -OCH3 is 1. The van der Waals surface area contributed by atoms with Gasteiger partial charge in [0.2, 0.25) is 5.91 Å². The highest BCUT2D eigenvalue weighted by Gasteiger charge is 2.30. The molecule has 1 aliphatic carbocycles. The second-order valence-electron chi connectivity index (χ2n) is 11.1. The molecule has 7 heteroatoms. The first kappa shape index (κ1) is 26.9. The molecule has 1 atom stereocenters. The molecule has 1 aliphatic rings. The second-order valence-corrected chi connectivity index (χ2v) is 11.1. The van der Waals surface area contributed by atoms with Crippen LogP contribution in [0.2, 0.25) is 0 Å². The molecule has 1 saturated carbocycles. The van der Waals surface area contributed by atoms with E-state index in [1.807, 2.05) is 45.3 Å². The van der Waals surface area contributed by atoms with Gasteiger partial charge in [-0.05, 0) is 82.1 Å². The van der Waals surface area contributed by atoms with E-state index in [1.54, 1.807) is 25.9 Å². The fourth-order valence-corrected chi connectivity index (χ4v) is 5.39. The van der Waals surface area contributed by atoms with Crippen molar-refractivity contribution in [2.24, 2.45) is 5.92 Å². The summed E-state index contributed by atoms with van der Waals surface area (Å²) >= 11 is 0. The Hall–Kier alpha value is -3.19. The van der Waals surface area contributed by atoms with Crippen molar-refractivity contribution in [2.45, 2.75) is 70.9 Å². The third kappa shape index (κ3) is 5.87. The van der Waals surface area contributed by atoms with Gasteiger partial charge in [0.25, 0.3) is 0 Å². The monoisotopic (exact) mass is 504 g/mol. The van der Waals surface area contributed by atoms with Crippen molar-refractivity contribution in [1.82, 2.24) is 14.9 Å². The molecule has 1 aromatic heterocycles. The van der Waals surface area contributed by atoms with Crippen LogP contribution in [0.25, 0.3) is 10.9 Å². The molecule has 198 valence electrons. The predicted molar refractivity (Wildman–Crippen MR) is 148 cm³/mol. The molecule has 1 heterocycles. The fourth-order valence-electron chi connectivity index (χ4n) is 5.39. The number of carbonyl (C=O) groups excluding carboxylic acids is 1. The van der Waals surface area contributed by atoms with Gasteiger partial charge in [0, 0.05) is 37.5 Å². The minimum atomic E-state index is -0.907. The summed E-state index contributed by atoms with van der Waals surface area (Å²) in [5.41, 5.74) is 3.03. The minimum absolute atomic E-state index is 0.0298. The number of ether oxygens (including phenoxy) is 1. The number of hydrogen-bond acceptors (Lipinski definition) is 6. The zero-order valence-electron chi connectivity index (χ0n) is 23.1. The maximum absolute atomic E-state index is 12.5. The fraction of sp³-hybridized carbons (Fsp3) is 0.500. The number of benzene rings is 2. The van der Waals surface area contributed by atoms with Crippen molar-refractivity contribution in [3.05, 3.63) is 58.9 Å². The van der Waals surface area contributed by atoms with Gasteiger partial charge in [-0.15, -0.1) is 0 Å². The number of anilines is 1. The SMILES string of the molecule is COc1cc2nc(C)nc(N[C@H](C)c3cccc(C(C)(C)O)c3)c2cc1C1CCC(C(=O)N(C)C)CC1. The smallest absolute Gasteiger partial charge is 0.225 e. The molecule has 0 saturated heterocycles. The van der Waals surface area contributed by atoms with Crippen molar-refractivity contribution in [3.63, 3.8) is 0 Å². The summed E-state index contributed by atoms with van der Waals surface area (Å²) in [4.78, 5) is 23.6. The van der Waals surface area contributed by atoms with E-state index >= 15 is 0 Å². The normalized spacial score (nSPS) is 18.9. The lowest BCUT2D eigenvalue weighted by molar-refractivity contribution is -0.134. The van der Waals surface area contributed by atoms with Crippen LogP contribution < -0.4 is 10.1 Å². The van der Waals surface area contributed by atoms with Gasteiger partial charge in [0.15, 0.2) is 0 Å². The van der Waals surface area contributed by atoms with Crippen molar-refractivity contribution in [2.75, 3.05) is 26.5 Å². The summed E-state index contributed by atoms with van der Waals surface area (Å²) < 4.78 is 5.81. The first-order valence-electron chi connectivity index (χ1n) is 13.1. The quantitative estimate of drug-likeness (QED) is 0.429. The highest BCUT2D eigenvalue weighted by molar-refractivity contribution is 5.91. The number of amides is 1. The van der Waals surface area contributed by atoms with Gasteiger partial charge in [-0.25, -0.2) is 9.97 Å². The average Bonchev–Trinajstić information content (AvgIpc) is 2.87. The summed E-state index contributed by atoms with van der Waals surface area (Å²) in [6, 6.07) is 12.2. The number of nitrogens with zero attached hydrogens (tertiary/aromatic N) is 3. The topological polar surface area (TPSA) is 87.6 Å². The molecule has 0 bridgehead atoms. The van der Waals surface area contributed by atoms with Crippen LogP contribution in [0.1, 0.15) is 80.9 Å². The Balaban J connectivity index is 1.66. The van der Waals surface area contributed by atoms with Gasteiger partial charge in [-0.3, -0.25) is 4.79 Å². The van der Waals surface area contributed by atoms with E-state index in [9.17, 15) is 9.90 Å². The van der Waals surface area contributed by atoms with Crippen molar-refractivity contribution in [1.29, 1.82) is 0 Å². The highest BCUT2D eigenvalue weighted by Crippen LogP contribution is 2.42. The van der Waals surface area contributed by atoms with Gasteiger partial charge < -0.3 is 20.1 Å². The highest BCUT2D eigenvalue weighted by atomic mass is 16.5. The van der Waals surface area contributed by atoms with Gasteiger partial charge in [-0.2, -0.15) is 0 Å².